The van der Waals surface area contributed by atoms with Crippen LogP contribution in [0.25, 0.3) is 0 Å². The molecule has 19 heavy (non-hydrogen) atoms. The van der Waals surface area contributed by atoms with Gasteiger partial charge in [0.1, 0.15) is 11.4 Å². The van der Waals surface area contributed by atoms with Gasteiger partial charge in [-0.2, -0.15) is 0 Å². The van der Waals surface area contributed by atoms with E-state index in [1.54, 1.807) is 29.1 Å². The summed E-state index contributed by atoms with van der Waals surface area (Å²) >= 11 is 1.43. The van der Waals surface area contributed by atoms with Crippen molar-refractivity contribution >= 4 is 17.2 Å². The zero-order valence-electron chi connectivity index (χ0n) is 10.3. The number of aromatic hydroxyl groups is 1. The van der Waals surface area contributed by atoms with Gasteiger partial charge in [-0.1, -0.05) is 12.1 Å². The van der Waals surface area contributed by atoms with Gasteiger partial charge in [0.15, 0.2) is 0 Å². The molecule has 1 aliphatic carbocycles. The monoisotopic (exact) mass is 274 g/mol. The van der Waals surface area contributed by atoms with E-state index < -0.39 is 0 Å². The number of phenols is 1. The second kappa shape index (κ2) is 5.01. The minimum atomic E-state index is -0.0212. The molecule has 3 rings (SSSR count). The third-order valence-corrected chi connectivity index (χ3v) is 3.75. The number of carbonyl (C=O) groups is 1. The standard InChI is InChI=1S/C14H14N2O2S/c17-12-3-1-2-10(6-12)7-16(11-4-5-11)14(18)13-8-19-9-15-13/h1-3,6,8-9,11,17H,4-5,7H2. The number of nitrogens with zero attached hydrogens (tertiary/aromatic N) is 2. The largest absolute Gasteiger partial charge is 0.508 e. The predicted molar refractivity (Wildman–Crippen MR) is 73.1 cm³/mol. The maximum absolute atomic E-state index is 12.4. The molecule has 2 aromatic rings. The molecule has 1 amide bonds. The summed E-state index contributed by atoms with van der Waals surface area (Å²) in [5, 5.41) is 11.3. The quantitative estimate of drug-likeness (QED) is 0.932. The molecule has 1 saturated carbocycles. The van der Waals surface area contributed by atoms with Crippen LogP contribution in [0.1, 0.15) is 28.9 Å². The van der Waals surface area contributed by atoms with Gasteiger partial charge in [0.25, 0.3) is 5.91 Å². The number of thiazole rings is 1. The number of rotatable bonds is 4. The fraction of sp³-hybridized carbons (Fsp3) is 0.286. The van der Waals surface area contributed by atoms with E-state index >= 15 is 0 Å². The van der Waals surface area contributed by atoms with Crippen LogP contribution in [0.3, 0.4) is 0 Å². The van der Waals surface area contributed by atoms with Gasteiger partial charge in [-0.15, -0.1) is 11.3 Å². The summed E-state index contributed by atoms with van der Waals surface area (Å²) in [6, 6.07) is 7.36. The van der Waals surface area contributed by atoms with Crippen LogP contribution in [-0.4, -0.2) is 26.9 Å². The normalized spacial score (nSPS) is 14.3. The van der Waals surface area contributed by atoms with Crippen LogP contribution >= 0.6 is 11.3 Å². The molecular weight excluding hydrogens is 260 g/mol. The van der Waals surface area contributed by atoms with Gasteiger partial charge in [-0.05, 0) is 30.5 Å². The van der Waals surface area contributed by atoms with Crippen LogP contribution in [0.2, 0.25) is 0 Å². The first-order chi connectivity index (χ1) is 9.24. The van der Waals surface area contributed by atoms with Crippen molar-refractivity contribution in [1.29, 1.82) is 0 Å². The molecular formula is C14H14N2O2S. The van der Waals surface area contributed by atoms with E-state index in [2.05, 4.69) is 4.98 Å². The number of aromatic nitrogens is 1. The van der Waals surface area contributed by atoms with E-state index in [1.165, 1.54) is 11.3 Å². The third-order valence-electron chi connectivity index (χ3n) is 3.16. The molecule has 98 valence electrons. The molecule has 0 atom stereocenters. The topological polar surface area (TPSA) is 53.4 Å². The lowest BCUT2D eigenvalue weighted by Gasteiger charge is -2.21. The SMILES string of the molecule is O=C(c1cscn1)N(Cc1cccc(O)c1)C1CC1. The lowest BCUT2D eigenvalue weighted by molar-refractivity contribution is 0.0724. The zero-order chi connectivity index (χ0) is 13.2. The Morgan fingerprint density at radius 2 is 2.32 bits per heavy atom. The molecule has 1 aromatic carbocycles. The van der Waals surface area contributed by atoms with Crippen LogP contribution in [0.4, 0.5) is 0 Å². The number of hydrogen-bond acceptors (Lipinski definition) is 4. The molecule has 0 bridgehead atoms. The molecule has 1 aromatic heterocycles. The Morgan fingerprint density at radius 1 is 1.47 bits per heavy atom. The van der Waals surface area contributed by atoms with Crippen LogP contribution in [-0.2, 0) is 6.54 Å². The summed E-state index contributed by atoms with van der Waals surface area (Å²) in [6.45, 7) is 0.523. The highest BCUT2D eigenvalue weighted by Crippen LogP contribution is 2.30. The van der Waals surface area contributed by atoms with Gasteiger partial charge in [0.2, 0.25) is 0 Å². The first-order valence-electron chi connectivity index (χ1n) is 6.21. The molecule has 0 spiro atoms. The Kier molecular flexibility index (Phi) is 3.21. The van der Waals surface area contributed by atoms with Crippen molar-refractivity contribution in [2.75, 3.05) is 0 Å². The fourth-order valence-electron chi connectivity index (χ4n) is 2.07. The van der Waals surface area contributed by atoms with Gasteiger partial charge in [0, 0.05) is 18.0 Å². The fourth-order valence-corrected chi connectivity index (χ4v) is 2.60. The highest BCUT2D eigenvalue weighted by atomic mass is 32.1. The second-order valence-corrected chi connectivity index (χ2v) is 5.43. The van der Waals surface area contributed by atoms with Crippen molar-refractivity contribution in [2.45, 2.75) is 25.4 Å². The van der Waals surface area contributed by atoms with Crippen molar-refractivity contribution in [2.24, 2.45) is 0 Å². The maximum Gasteiger partial charge on any atom is 0.273 e. The molecule has 0 aliphatic heterocycles. The van der Waals surface area contributed by atoms with Crippen molar-refractivity contribution < 1.29 is 9.90 Å². The summed E-state index contributed by atoms with van der Waals surface area (Å²) in [5.41, 5.74) is 3.12. The van der Waals surface area contributed by atoms with E-state index in [0.29, 0.717) is 18.3 Å². The Bertz CT molecular complexity index is 579. The van der Waals surface area contributed by atoms with Crippen molar-refractivity contribution in [3.63, 3.8) is 0 Å². The first kappa shape index (κ1) is 12.2. The molecule has 4 nitrogen and oxygen atoms in total. The van der Waals surface area contributed by atoms with Crippen LogP contribution in [0, 0.1) is 0 Å². The number of phenolic OH excluding ortho intramolecular Hbond substituents is 1. The van der Waals surface area contributed by atoms with Crippen molar-refractivity contribution in [1.82, 2.24) is 9.88 Å². The Hall–Kier alpha value is -1.88. The van der Waals surface area contributed by atoms with Gasteiger partial charge in [0.05, 0.1) is 5.51 Å². The molecule has 5 heteroatoms. The Labute approximate surface area is 115 Å². The van der Waals surface area contributed by atoms with E-state index in [-0.39, 0.29) is 11.7 Å². The summed E-state index contributed by atoms with van der Waals surface area (Å²) in [4.78, 5) is 18.3. The van der Waals surface area contributed by atoms with Gasteiger partial charge in [-0.25, -0.2) is 4.98 Å². The first-order valence-corrected chi connectivity index (χ1v) is 7.15. The molecule has 0 saturated heterocycles. The highest BCUT2D eigenvalue weighted by molar-refractivity contribution is 7.07. The number of amides is 1. The van der Waals surface area contributed by atoms with Crippen molar-refractivity contribution in [3.8, 4) is 5.75 Å². The Balaban J connectivity index is 1.80. The zero-order valence-corrected chi connectivity index (χ0v) is 11.1. The summed E-state index contributed by atoms with van der Waals surface area (Å²) in [6.07, 6.45) is 2.10. The lowest BCUT2D eigenvalue weighted by atomic mass is 10.2. The van der Waals surface area contributed by atoms with E-state index in [1.807, 2.05) is 11.0 Å². The average Bonchev–Trinajstić information content (AvgIpc) is 3.09. The van der Waals surface area contributed by atoms with E-state index in [0.717, 1.165) is 18.4 Å². The summed E-state index contributed by atoms with van der Waals surface area (Å²) in [7, 11) is 0. The van der Waals surface area contributed by atoms with E-state index in [4.69, 9.17) is 0 Å². The Morgan fingerprint density at radius 3 is 2.95 bits per heavy atom. The maximum atomic E-state index is 12.4. The summed E-state index contributed by atoms with van der Waals surface area (Å²) in [5.74, 6) is 0.210. The van der Waals surface area contributed by atoms with Gasteiger partial charge >= 0.3 is 0 Å². The van der Waals surface area contributed by atoms with Crippen LogP contribution in [0.5, 0.6) is 5.75 Å². The number of benzene rings is 1. The van der Waals surface area contributed by atoms with Crippen molar-refractivity contribution in [3.05, 3.63) is 46.4 Å². The smallest absolute Gasteiger partial charge is 0.273 e. The van der Waals surface area contributed by atoms with Crippen LogP contribution in [0.15, 0.2) is 35.2 Å². The molecule has 1 N–H and O–H groups in total. The molecule has 0 unspecified atom stereocenters. The highest BCUT2D eigenvalue weighted by Gasteiger charge is 2.33. The second-order valence-electron chi connectivity index (χ2n) is 4.71. The minimum absolute atomic E-state index is 0.0212. The third kappa shape index (κ3) is 2.76. The number of carbonyl (C=O) groups excluding carboxylic acids is 1. The molecule has 1 aliphatic rings. The molecule has 0 radical (unpaired) electrons. The predicted octanol–water partition coefficient (Wildman–Crippen LogP) is 2.65. The minimum Gasteiger partial charge on any atom is -0.508 e. The number of hydrogen-bond donors (Lipinski definition) is 1. The van der Waals surface area contributed by atoms with E-state index in [9.17, 15) is 9.90 Å². The molecule has 1 heterocycles. The molecule has 1 fully saturated rings. The average molecular weight is 274 g/mol. The lowest BCUT2D eigenvalue weighted by Crippen LogP contribution is -2.32. The summed E-state index contributed by atoms with van der Waals surface area (Å²) < 4.78 is 0. The van der Waals surface area contributed by atoms with Gasteiger partial charge in [-0.3, -0.25) is 4.79 Å². The van der Waals surface area contributed by atoms with Gasteiger partial charge < -0.3 is 10.0 Å². The van der Waals surface area contributed by atoms with Crippen LogP contribution < -0.4 is 0 Å².